The average Bonchev–Trinajstić information content (AvgIpc) is 1.89. The van der Waals surface area contributed by atoms with E-state index in [1.54, 1.807) is 0 Å². The minimum absolute atomic E-state index is 0.608. The molecular formula is C8H19NO. The van der Waals surface area contributed by atoms with E-state index in [0.29, 0.717) is 0 Å². The Morgan fingerprint density at radius 2 is 1.90 bits per heavy atom. The third-order valence-electron chi connectivity index (χ3n) is 1.75. The van der Waals surface area contributed by atoms with E-state index in [1.807, 2.05) is 13.8 Å². The van der Waals surface area contributed by atoms with Crippen molar-refractivity contribution >= 4 is 0 Å². The minimum atomic E-state index is -0.608. The Morgan fingerprint density at radius 1 is 1.30 bits per heavy atom. The number of aliphatic hydroxyl groups is 1. The molecule has 1 atom stereocenters. The molecular weight excluding hydrogens is 126 g/mol. The summed E-state index contributed by atoms with van der Waals surface area (Å²) in [5.74, 6) is 0. The van der Waals surface area contributed by atoms with Crippen LogP contribution in [0.1, 0.15) is 40.0 Å². The lowest BCUT2D eigenvalue weighted by Gasteiger charge is -2.26. The molecule has 0 aliphatic rings. The normalized spacial score (nSPS) is 16.8. The lowest BCUT2D eigenvalue weighted by atomic mass is 10.1. The molecule has 0 heterocycles. The van der Waals surface area contributed by atoms with Crippen LogP contribution in [-0.2, 0) is 0 Å². The first-order valence-electron chi connectivity index (χ1n) is 4.16. The summed E-state index contributed by atoms with van der Waals surface area (Å²) in [6.45, 7) is 6.93. The van der Waals surface area contributed by atoms with E-state index >= 15 is 0 Å². The minimum Gasteiger partial charge on any atom is -0.376 e. The quantitative estimate of drug-likeness (QED) is 0.574. The van der Waals surface area contributed by atoms with Crippen LogP contribution in [0.3, 0.4) is 0 Å². The highest BCUT2D eigenvalue weighted by molar-refractivity contribution is 4.71. The standard InChI is InChI=1S/C8H19NO/c1-4-7-8(10,5-2)9-6-3/h9-10H,4-7H2,1-3H3. The van der Waals surface area contributed by atoms with Gasteiger partial charge in [-0.2, -0.15) is 0 Å². The summed E-state index contributed by atoms with van der Waals surface area (Å²) in [6.07, 6.45) is 2.66. The monoisotopic (exact) mass is 145 g/mol. The van der Waals surface area contributed by atoms with Gasteiger partial charge in [0.2, 0.25) is 0 Å². The summed E-state index contributed by atoms with van der Waals surface area (Å²) in [7, 11) is 0. The first-order valence-corrected chi connectivity index (χ1v) is 4.16. The first-order chi connectivity index (χ1) is 4.68. The van der Waals surface area contributed by atoms with Crippen LogP contribution in [0.4, 0.5) is 0 Å². The Kier molecular flexibility index (Phi) is 4.65. The van der Waals surface area contributed by atoms with Crippen LogP contribution in [-0.4, -0.2) is 17.4 Å². The highest BCUT2D eigenvalue weighted by atomic mass is 16.3. The molecule has 2 N–H and O–H groups in total. The van der Waals surface area contributed by atoms with Crippen molar-refractivity contribution in [2.75, 3.05) is 6.54 Å². The number of hydrogen-bond donors (Lipinski definition) is 2. The third-order valence-corrected chi connectivity index (χ3v) is 1.75. The highest BCUT2D eigenvalue weighted by Crippen LogP contribution is 2.12. The molecule has 1 unspecified atom stereocenters. The Balaban J connectivity index is 3.69. The van der Waals surface area contributed by atoms with Gasteiger partial charge in [-0.3, -0.25) is 5.32 Å². The van der Waals surface area contributed by atoms with Crippen molar-refractivity contribution in [2.24, 2.45) is 0 Å². The van der Waals surface area contributed by atoms with Crippen molar-refractivity contribution in [1.29, 1.82) is 0 Å². The Bertz CT molecular complexity index is 77.3. The maximum Gasteiger partial charge on any atom is 0.115 e. The van der Waals surface area contributed by atoms with Crippen LogP contribution in [0, 0.1) is 0 Å². The van der Waals surface area contributed by atoms with Gasteiger partial charge < -0.3 is 5.11 Å². The largest absolute Gasteiger partial charge is 0.376 e. The lowest BCUT2D eigenvalue weighted by Crippen LogP contribution is -2.44. The van der Waals surface area contributed by atoms with Gasteiger partial charge in [-0.1, -0.05) is 27.2 Å². The van der Waals surface area contributed by atoms with Crippen LogP contribution in [0.25, 0.3) is 0 Å². The highest BCUT2D eigenvalue weighted by Gasteiger charge is 2.20. The van der Waals surface area contributed by atoms with E-state index < -0.39 is 5.72 Å². The van der Waals surface area contributed by atoms with Crippen LogP contribution in [0.5, 0.6) is 0 Å². The van der Waals surface area contributed by atoms with E-state index in [0.717, 1.165) is 25.8 Å². The van der Waals surface area contributed by atoms with Crippen LogP contribution >= 0.6 is 0 Å². The predicted molar refractivity (Wildman–Crippen MR) is 43.8 cm³/mol. The van der Waals surface area contributed by atoms with E-state index in [1.165, 1.54) is 0 Å². The van der Waals surface area contributed by atoms with Crippen molar-refractivity contribution in [3.63, 3.8) is 0 Å². The molecule has 0 aliphatic carbocycles. The smallest absolute Gasteiger partial charge is 0.115 e. The maximum atomic E-state index is 9.71. The van der Waals surface area contributed by atoms with Gasteiger partial charge >= 0.3 is 0 Å². The second-order valence-corrected chi connectivity index (χ2v) is 2.67. The molecule has 0 spiro atoms. The molecule has 0 fully saturated rings. The molecule has 2 heteroatoms. The van der Waals surface area contributed by atoms with Gasteiger partial charge in [0, 0.05) is 0 Å². The average molecular weight is 145 g/mol. The van der Waals surface area contributed by atoms with Gasteiger partial charge in [-0.05, 0) is 19.4 Å². The molecule has 62 valence electrons. The van der Waals surface area contributed by atoms with Crippen molar-refractivity contribution in [1.82, 2.24) is 5.32 Å². The predicted octanol–water partition coefficient (Wildman–Crippen LogP) is 1.49. The van der Waals surface area contributed by atoms with Crippen molar-refractivity contribution < 1.29 is 5.11 Å². The zero-order valence-corrected chi connectivity index (χ0v) is 7.28. The fourth-order valence-corrected chi connectivity index (χ4v) is 1.13. The topological polar surface area (TPSA) is 32.3 Å². The molecule has 0 rings (SSSR count). The SMILES string of the molecule is CCCC(O)(CC)NCC. The maximum absolute atomic E-state index is 9.71. The lowest BCUT2D eigenvalue weighted by molar-refractivity contribution is -0.00558. The third kappa shape index (κ3) is 3.18. The zero-order chi connectivity index (χ0) is 8.04. The fraction of sp³-hybridized carbons (Fsp3) is 1.00. The van der Waals surface area contributed by atoms with Crippen molar-refractivity contribution in [3.05, 3.63) is 0 Å². The molecule has 0 saturated heterocycles. The fourth-order valence-electron chi connectivity index (χ4n) is 1.13. The molecule has 0 aromatic carbocycles. The van der Waals surface area contributed by atoms with Gasteiger partial charge in [0.25, 0.3) is 0 Å². The van der Waals surface area contributed by atoms with E-state index in [2.05, 4.69) is 12.2 Å². The van der Waals surface area contributed by atoms with Gasteiger partial charge in [-0.15, -0.1) is 0 Å². The molecule has 0 aliphatic heterocycles. The molecule has 0 amide bonds. The first kappa shape index (κ1) is 9.92. The Hall–Kier alpha value is -0.0800. The zero-order valence-electron chi connectivity index (χ0n) is 7.28. The number of rotatable bonds is 5. The molecule has 0 aromatic rings. The molecule has 0 saturated carbocycles. The summed E-state index contributed by atoms with van der Waals surface area (Å²) in [4.78, 5) is 0. The molecule has 0 radical (unpaired) electrons. The van der Waals surface area contributed by atoms with Gasteiger partial charge in [0.05, 0.1) is 0 Å². The Morgan fingerprint density at radius 3 is 2.20 bits per heavy atom. The summed E-state index contributed by atoms with van der Waals surface area (Å²) in [5.41, 5.74) is -0.608. The van der Waals surface area contributed by atoms with Gasteiger partial charge in [-0.25, -0.2) is 0 Å². The van der Waals surface area contributed by atoms with E-state index in [9.17, 15) is 5.11 Å². The molecule has 2 nitrogen and oxygen atoms in total. The molecule has 0 bridgehead atoms. The second kappa shape index (κ2) is 4.69. The van der Waals surface area contributed by atoms with Gasteiger partial charge in [0.1, 0.15) is 5.72 Å². The van der Waals surface area contributed by atoms with E-state index in [4.69, 9.17) is 0 Å². The van der Waals surface area contributed by atoms with E-state index in [-0.39, 0.29) is 0 Å². The van der Waals surface area contributed by atoms with Crippen molar-refractivity contribution in [3.8, 4) is 0 Å². The van der Waals surface area contributed by atoms with Crippen molar-refractivity contribution in [2.45, 2.75) is 45.8 Å². The van der Waals surface area contributed by atoms with Gasteiger partial charge in [0.15, 0.2) is 0 Å². The number of nitrogens with one attached hydrogen (secondary N) is 1. The number of hydrogen-bond acceptors (Lipinski definition) is 2. The summed E-state index contributed by atoms with van der Waals surface area (Å²) >= 11 is 0. The van der Waals surface area contributed by atoms with Crippen LogP contribution < -0.4 is 5.32 Å². The second-order valence-electron chi connectivity index (χ2n) is 2.67. The summed E-state index contributed by atoms with van der Waals surface area (Å²) < 4.78 is 0. The summed E-state index contributed by atoms with van der Waals surface area (Å²) in [6, 6.07) is 0. The molecule has 0 aromatic heterocycles. The van der Waals surface area contributed by atoms with Crippen LogP contribution in [0.2, 0.25) is 0 Å². The summed E-state index contributed by atoms with van der Waals surface area (Å²) in [5, 5.41) is 12.8. The Labute approximate surface area is 63.6 Å². The van der Waals surface area contributed by atoms with Crippen LogP contribution in [0.15, 0.2) is 0 Å². The molecule has 10 heavy (non-hydrogen) atoms.